The molecule has 16 heavy (non-hydrogen) atoms. The SMILES string of the molecule is O=C(O)c1cc(F)ccc1N1CCOC1=O. The number of halogens is 1. The van der Waals surface area contributed by atoms with Crippen LogP contribution in [0, 0.1) is 5.82 Å². The fourth-order valence-electron chi connectivity index (χ4n) is 1.53. The minimum atomic E-state index is -1.28. The van der Waals surface area contributed by atoms with Crippen LogP contribution >= 0.6 is 0 Å². The molecule has 0 atom stereocenters. The van der Waals surface area contributed by atoms with Crippen LogP contribution in [-0.4, -0.2) is 30.3 Å². The second-order valence-corrected chi connectivity index (χ2v) is 3.23. The van der Waals surface area contributed by atoms with Gasteiger partial charge in [-0.05, 0) is 18.2 Å². The van der Waals surface area contributed by atoms with Gasteiger partial charge in [-0.3, -0.25) is 4.90 Å². The Hall–Kier alpha value is -2.11. The fraction of sp³-hybridized carbons (Fsp3) is 0.200. The molecule has 0 aliphatic carbocycles. The largest absolute Gasteiger partial charge is 0.478 e. The van der Waals surface area contributed by atoms with Crippen LogP contribution in [0.15, 0.2) is 18.2 Å². The number of carbonyl (C=O) groups excluding carboxylic acids is 1. The third kappa shape index (κ3) is 1.69. The number of hydrogen-bond acceptors (Lipinski definition) is 3. The van der Waals surface area contributed by atoms with Gasteiger partial charge in [0.1, 0.15) is 12.4 Å². The van der Waals surface area contributed by atoms with Crippen LogP contribution < -0.4 is 4.90 Å². The number of aromatic carboxylic acids is 1. The molecule has 5 nitrogen and oxygen atoms in total. The molecule has 1 aromatic rings. The molecule has 0 bridgehead atoms. The van der Waals surface area contributed by atoms with Crippen molar-refractivity contribution >= 4 is 17.7 Å². The molecule has 1 N–H and O–H groups in total. The van der Waals surface area contributed by atoms with E-state index < -0.39 is 17.9 Å². The van der Waals surface area contributed by atoms with Gasteiger partial charge in [-0.15, -0.1) is 0 Å². The van der Waals surface area contributed by atoms with E-state index in [0.29, 0.717) is 0 Å². The molecular formula is C10H8FNO4. The molecule has 1 amide bonds. The molecule has 6 heteroatoms. The molecule has 1 aliphatic heterocycles. The van der Waals surface area contributed by atoms with Gasteiger partial charge >= 0.3 is 12.1 Å². The molecule has 84 valence electrons. The third-order valence-electron chi connectivity index (χ3n) is 2.24. The second-order valence-electron chi connectivity index (χ2n) is 3.23. The molecule has 0 unspecified atom stereocenters. The summed E-state index contributed by atoms with van der Waals surface area (Å²) in [5.74, 6) is -1.94. The first-order valence-corrected chi connectivity index (χ1v) is 4.57. The molecule has 2 rings (SSSR count). The maximum absolute atomic E-state index is 12.9. The highest BCUT2D eigenvalue weighted by Crippen LogP contribution is 2.24. The van der Waals surface area contributed by atoms with Crippen molar-refractivity contribution in [2.45, 2.75) is 0 Å². The maximum atomic E-state index is 12.9. The lowest BCUT2D eigenvalue weighted by Crippen LogP contribution is -2.25. The van der Waals surface area contributed by atoms with Crippen LogP contribution in [0.3, 0.4) is 0 Å². The third-order valence-corrected chi connectivity index (χ3v) is 2.24. The van der Waals surface area contributed by atoms with E-state index in [9.17, 15) is 14.0 Å². The Kier molecular flexibility index (Phi) is 2.47. The molecule has 1 fully saturated rings. The van der Waals surface area contributed by atoms with Crippen LogP contribution in [0.4, 0.5) is 14.9 Å². The number of amides is 1. The van der Waals surface area contributed by atoms with Crippen molar-refractivity contribution in [2.75, 3.05) is 18.1 Å². The summed E-state index contributed by atoms with van der Waals surface area (Å²) in [6.45, 7) is 0.472. The van der Waals surface area contributed by atoms with Gasteiger partial charge in [0, 0.05) is 0 Å². The summed E-state index contributed by atoms with van der Waals surface area (Å²) < 4.78 is 17.6. The molecule has 1 aliphatic rings. The van der Waals surface area contributed by atoms with Gasteiger partial charge in [0.2, 0.25) is 0 Å². The van der Waals surface area contributed by atoms with Gasteiger partial charge < -0.3 is 9.84 Å². The summed E-state index contributed by atoms with van der Waals surface area (Å²) in [6, 6.07) is 3.24. The Balaban J connectivity index is 2.47. The fourth-order valence-corrected chi connectivity index (χ4v) is 1.53. The van der Waals surface area contributed by atoms with E-state index in [-0.39, 0.29) is 24.4 Å². The average Bonchev–Trinajstić information content (AvgIpc) is 2.64. The highest BCUT2D eigenvalue weighted by atomic mass is 19.1. The highest BCUT2D eigenvalue weighted by molar-refractivity contribution is 6.00. The Morgan fingerprint density at radius 2 is 2.25 bits per heavy atom. The van der Waals surface area contributed by atoms with E-state index >= 15 is 0 Å². The Morgan fingerprint density at radius 3 is 2.81 bits per heavy atom. The van der Waals surface area contributed by atoms with Gasteiger partial charge in [0.25, 0.3) is 0 Å². The van der Waals surface area contributed by atoms with Crippen molar-refractivity contribution in [3.8, 4) is 0 Å². The van der Waals surface area contributed by atoms with Crippen molar-refractivity contribution in [2.24, 2.45) is 0 Å². The van der Waals surface area contributed by atoms with E-state index in [0.717, 1.165) is 12.1 Å². The van der Waals surface area contributed by atoms with Crippen molar-refractivity contribution in [3.63, 3.8) is 0 Å². The number of nitrogens with zero attached hydrogens (tertiary/aromatic N) is 1. The lowest BCUT2D eigenvalue weighted by Gasteiger charge is -2.15. The van der Waals surface area contributed by atoms with E-state index in [4.69, 9.17) is 5.11 Å². The lowest BCUT2D eigenvalue weighted by atomic mass is 10.1. The number of anilines is 1. The maximum Gasteiger partial charge on any atom is 0.414 e. The minimum absolute atomic E-state index is 0.149. The van der Waals surface area contributed by atoms with E-state index in [2.05, 4.69) is 4.74 Å². The summed E-state index contributed by atoms with van der Waals surface area (Å²) in [7, 11) is 0. The quantitative estimate of drug-likeness (QED) is 0.827. The van der Waals surface area contributed by atoms with Gasteiger partial charge in [0.05, 0.1) is 17.8 Å². The minimum Gasteiger partial charge on any atom is -0.478 e. The number of ether oxygens (including phenoxy) is 1. The number of rotatable bonds is 2. The molecule has 1 saturated heterocycles. The zero-order valence-electron chi connectivity index (χ0n) is 8.14. The Bertz CT molecular complexity index is 460. The van der Waals surface area contributed by atoms with Crippen LogP contribution in [0.1, 0.15) is 10.4 Å². The van der Waals surface area contributed by atoms with Crippen molar-refractivity contribution in [1.82, 2.24) is 0 Å². The zero-order chi connectivity index (χ0) is 11.7. The monoisotopic (exact) mass is 225 g/mol. The molecule has 1 heterocycles. The molecule has 1 aromatic carbocycles. The number of carbonyl (C=O) groups is 2. The van der Waals surface area contributed by atoms with Crippen molar-refractivity contribution in [3.05, 3.63) is 29.6 Å². The van der Waals surface area contributed by atoms with Gasteiger partial charge in [-0.1, -0.05) is 0 Å². The zero-order valence-corrected chi connectivity index (χ0v) is 8.14. The first-order valence-electron chi connectivity index (χ1n) is 4.57. The smallest absolute Gasteiger partial charge is 0.414 e. The molecule has 0 radical (unpaired) electrons. The second kappa shape index (κ2) is 3.80. The van der Waals surface area contributed by atoms with Gasteiger partial charge in [0.15, 0.2) is 0 Å². The first-order chi connectivity index (χ1) is 7.59. The lowest BCUT2D eigenvalue weighted by molar-refractivity contribution is 0.0697. The van der Waals surface area contributed by atoms with E-state index in [1.54, 1.807) is 0 Å². The molecule has 0 aromatic heterocycles. The Labute approximate surface area is 90.0 Å². The predicted octanol–water partition coefficient (Wildman–Crippen LogP) is 1.48. The van der Waals surface area contributed by atoms with E-state index in [1.807, 2.05) is 0 Å². The first kappa shape index (κ1) is 10.4. The average molecular weight is 225 g/mol. The summed E-state index contributed by atoms with van der Waals surface area (Å²) in [4.78, 5) is 23.3. The topological polar surface area (TPSA) is 66.8 Å². The van der Waals surface area contributed by atoms with Gasteiger partial charge in [-0.2, -0.15) is 0 Å². The summed E-state index contributed by atoms with van der Waals surface area (Å²) >= 11 is 0. The van der Waals surface area contributed by atoms with E-state index in [1.165, 1.54) is 11.0 Å². The molecular weight excluding hydrogens is 217 g/mol. The summed E-state index contributed by atoms with van der Waals surface area (Å²) in [5.41, 5.74) is -0.102. The molecule has 0 saturated carbocycles. The number of carboxylic acid groups (broad SMARTS) is 1. The number of carboxylic acids is 1. The number of benzene rings is 1. The highest BCUT2D eigenvalue weighted by Gasteiger charge is 2.27. The Morgan fingerprint density at radius 1 is 1.50 bits per heavy atom. The van der Waals surface area contributed by atoms with Crippen molar-refractivity contribution in [1.29, 1.82) is 0 Å². The van der Waals surface area contributed by atoms with Crippen LogP contribution in [0.5, 0.6) is 0 Å². The predicted molar refractivity (Wildman–Crippen MR) is 52.1 cm³/mol. The number of hydrogen-bond donors (Lipinski definition) is 1. The normalized spacial score (nSPS) is 15.1. The van der Waals surface area contributed by atoms with Crippen LogP contribution in [0.25, 0.3) is 0 Å². The number of cyclic esters (lactones) is 1. The van der Waals surface area contributed by atoms with Crippen LogP contribution in [-0.2, 0) is 4.74 Å². The van der Waals surface area contributed by atoms with Gasteiger partial charge in [-0.25, -0.2) is 14.0 Å². The standard InChI is InChI=1S/C10H8FNO4/c11-6-1-2-8(7(5-6)9(13)14)12-3-4-16-10(12)15/h1-2,5H,3-4H2,(H,13,14). The van der Waals surface area contributed by atoms with Crippen molar-refractivity contribution < 1.29 is 23.8 Å². The van der Waals surface area contributed by atoms with Crippen LogP contribution in [0.2, 0.25) is 0 Å². The summed E-state index contributed by atoms with van der Waals surface area (Å²) in [5, 5.41) is 8.89. The summed E-state index contributed by atoms with van der Waals surface area (Å²) in [6.07, 6.45) is -0.617. The molecule has 0 spiro atoms.